The van der Waals surface area contributed by atoms with Gasteiger partial charge >= 0.3 is 5.63 Å². The predicted molar refractivity (Wildman–Crippen MR) is 123 cm³/mol. The van der Waals surface area contributed by atoms with E-state index in [0.717, 1.165) is 23.8 Å². The minimum atomic E-state index is -0.256. The summed E-state index contributed by atoms with van der Waals surface area (Å²) in [6.45, 7) is 5.71. The third-order valence-corrected chi connectivity index (χ3v) is 5.30. The number of hydrogen-bond donors (Lipinski definition) is 2. The maximum absolute atomic E-state index is 11.1. The van der Waals surface area contributed by atoms with Gasteiger partial charge in [-0.05, 0) is 56.5 Å². The van der Waals surface area contributed by atoms with Gasteiger partial charge in [0.1, 0.15) is 17.1 Å². The van der Waals surface area contributed by atoms with Crippen LogP contribution in [-0.2, 0) is 6.42 Å². The summed E-state index contributed by atoms with van der Waals surface area (Å²) in [6.07, 6.45) is 9.93. The zero-order valence-corrected chi connectivity index (χ0v) is 18.4. The van der Waals surface area contributed by atoms with E-state index in [1.807, 2.05) is 24.3 Å². The smallest absolute Gasteiger partial charge is 0.339 e. The van der Waals surface area contributed by atoms with Crippen LogP contribution in [0.2, 0.25) is 0 Å². The van der Waals surface area contributed by atoms with Crippen molar-refractivity contribution in [1.29, 1.82) is 0 Å². The van der Waals surface area contributed by atoms with Gasteiger partial charge in [0.2, 0.25) is 0 Å². The molecular formula is C26H34O4. The Morgan fingerprint density at radius 1 is 0.833 bits per heavy atom. The molecular weight excluding hydrogens is 376 g/mol. The molecule has 0 saturated carbocycles. The molecule has 0 aliphatic rings. The average Bonchev–Trinajstić information content (AvgIpc) is 2.72. The van der Waals surface area contributed by atoms with Gasteiger partial charge in [-0.3, -0.25) is 0 Å². The highest BCUT2D eigenvalue weighted by Crippen LogP contribution is 2.28. The van der Waals surface area contributed by atoms with Crippen LogP contribution >= 0.6 is 0 Å². The molecule has 2 N–H and O–H groups in total. The first-order valence-corrected chi connectivity index (χ1v) is 10.9. The molecule has 0 bridgehead atoms. The lowest BCUT2D eigenvalue weighted by Gasteiger charge is -2.07. The number of unbranched alkanes of at least 4 members (excludes halogenated alkanes) is 6. The molecule has 0 unspecified atom stereocenters. The van der Waals surface area contributed by atoms with E-state index in [-0.39, 0.29) is 17.1 Å². The number of hydrogen-bond acceptors (Lipinski definition) is 4. The van der Waals surface area contributed by atoms with Crippen LogP contribution < -0.4 is 5.63 Å². The van der Waals surface area contributed by atoms with E-state index in [4.69, 9.17) is 4.42 Å². The quantitative estimate of drug-likeness (QED) is 0.316. The van der Waals surface area contributed by atoms with Crippen LogP contribution in [-0.4, -0.2) is 10.2 Å². The Morgan fingerprint density at radius 2 is 1.43 bits per heavy atom. The number of para-hydroxylation sites is 1. The molecule has 4 nitrogen and oxygen atoms in total. The Morgan fingerprint density at radius 3 is 2.10 bits per heavy atom. The van der Waals surface area contributed by atoms with Crippen molar-refractivity contribution in [2.75, 3.05) is 0 Å². The van der Waals surface area contributed by atoms with Crippen molar-refractivity contribution < 1.29 is 14.6 Å². The van der Waals surface area contributed by atoms with Gasteiger partial charge in [-0.15, -0.1) is 0 Å². The highest BCUT2D eigenvalue weighted by Gasteiger charge is 2.05. The van der Waals surface area contributed by atoms with Gasteiger partial charge in [-0.2, -0.15) is 0 Å². The van der Waals surface area contributed by atoms with Gasteiger partial charge in [0.15, 0.2) is 0 Å². The summed E-state index contributed by atoms with van der Waals surface area (Å²) >= 11 is 0. The molecule has 0 saturated heterocycles. The van der Waals surface area contributed by atoms with E-state index in [2.05, 4.69) is 6.92 Å². The Hall–Kier alpha value is -2.75. The molecule has 0 aliphatic heterocycles. The van der Waals surface area contributed by atoms with Gasteiger partial charge in [-0.25, -0.2) is 4.79 Å². The second-order valence-corrected chi connectivity index (χ2v) is 7.89. The first-order valence-electron chi connectivity index (χ1n) is 10.9. The average molecular weight is 411 g/mol. The molecule has 4 heteroatoms. The van der Waals surface area contributed by atoms with Gasteiger partial charge in [0, 0.05) is 16.5 Å². The Kier molecular flexibility index (Phi) is 9.46. The lowest BCUT2D eigenvalue weighted by atomic mass is 10.0. The van der Waals surface area contributed by atoms with Gasteiger partial charge in [0.25, 0.3) is 0 Å². The maximum atomic E-state index is 11.1. The molecule has 3 aromatic rings. The highest BCUT2D eigenvalue weighted by atomic mass is 16.4. The minimum absolute atomic E-state index is 0.202. The summed E-state index contributed by atoms with van der Waals surface area (Å²) in [5, 5.41) is 20.2. The molecule has 162 valence electrons. The second kappa shape index (κ2) is 12.1. The molecule has 0 fully saturated rings. The summed E-state index contributed by atoms with van der Waals surface area (Å²) in [7, 11) is 0. The van der Waals surface area contributed by atoms with E-state index in [1.54, 1.807) is 32.0 Å². The number of fused-ring (bicyclic) bond motifs is 1. The van der Waals surface area contributed by atoms with E-state index in [0.29, 0.717) is 16.7 Å². The summed E-state index contributed by atoms with van der Waals surface area (Å²) < 4.78 is 5.04. The Balaban J connectivity index is 0.000000230. The standard InChI is InChI=1S/C16H26O2.C10H8O2/c1-3-4-5-6-7-8-9-10-14-11-15(17)13(2)16(18)12-14;1-7-6-8-4-2-3-5-9(8)12-10(7)11/h11-12,17-18H,3-10H2,1-2H3;2-6H,1H3. The predicted octanol–water partition coefficient (Wildman–Crippen LogP) is 6.80. The summed E-state index contributed by atoms with van der Waals surface area (Å²) in [5.74, 6) is 0.404. The molecule has 1 aromatic heterocycles. The van der Waals surface area contributed by atoms with Gasteiger partial charge in [-0.1, -0.05) is 63.6 Å². The van der Waals surface area contributed by atoms with Crippen molar-refractivity contribution in [1.82, 2.24) is 0 Å². The first kappa shape index (κ1) is 23.5. The lowest BCUT2D eigenvalue weighted by molar-refractivity contribution is 0.441. The van der Waals surface area contributed by atoms with E-state index in [9.17, 15) is 15.0 Å². The number of aryl methyl sites for hydroxylation is 2. The SMILES string of the molecule is CCCCCCCCCc1cc(O)c(C)c(O)c1.Cc1cc2ccccc2oc1=O. The van der Waals surface area contributed by atoms with Gasteiger partial charge < -0.3 is 14.6 Å². The molecule has 0 spiro atoms. The van der Waals surface area contributed by atoms with E-state index in [1.165, 1.54) is 38.5 Å². The maximum Gasteiger partial charge on any atom is 0.339 e. The zero-order chi connectivity index (χ0) is 21.9. The molecule has 0 amide bonds. The molecule has 1 heterocycles. The topological polar surface area (TPSA) is 70.7 Å². The van der Waals surface area contributed by atoms with E-state index < -0.39 is 0 Å². The summed E-state index contributed by atoms with van der Waals surface area (Å²) in [4.78, 5) is 11.1. The third kappa shape index (κ3) is 7.25. The lowest BCUT2D eigenvalue weighted by Crippen LogP contribution is -2.01. The van der Waals surface area contributed by atoms with Crippen molar-refractivity contribution in [3.05, 3.63) is 69.6 Å². The molecule has 2 aromatic carbocycles. The fourth-order valence-corrected chi connectivity index (χ4v) is 3.34. The number of benzene rings is 2. The van der Waals surface area contributed by atoms with Crippen LogP contribution in [0.5, 0.6) is 11.5 Å². The zero-order valence-electron chi connectivity index (χ0n) is 18.4. The fourth-order valence-electron chi connectivity index (χ4n) is 3.34. The summed E-state index contributed by atoms with van der Waals surface area (Å²) in [5.41, 5.74) is 2.64. The number of aromatic hydroxyl groups is 2. The molecule has 3 rings (SSSR count). The molecule has 0 radical (unpaired) electrons. The Bertz CT molecular complexity index is 965. The van der Waals surface area contributed by atoms with Gasteiger partial charge in [0.05, 0.1) is 0 Å². The van der Waals surface area contributed by atoms with E-state index >= 15 is 0 Å². The minimum Gasteiger partial charge on any atom is -0.508 e. The largest absolute Gasteiger partial charge is 0.508 e. The first-order chi connectivity index (χ1) is 14.4. The normalized spacial score (nSPS) is 10.6. The third-order valence-electron chi connectivity index (χ3n) is 5.30. The fraction of sp³-hybridized carbons (Fsp3) is 0.423. The summed E-state index contributed by atoms with van der Waals surface area (Å²) in [6, 6.07) is 12.9. The van der Waals surface area contributed by atoms with Crippen molar-refractivity contribution in [3.8, 4) is 11.5 Å². The Labute approximate surface area is 179 Å². The van der Waals surface area contributed by atoms with Crippen LogP contribution in [0, 0.1) is 13.8 Å². The van der Waals surface area contributed by atoms with Crippen LogP contribution in [0.3, 0.4) is 0 Å². The van der Waals surface area contributed by atoms with Crippen molar-refractivity contribution in [3.63, 3.8) is 0 Å². The molecule has 0 aliphatic carbocycles. The van der Waals surface area contributed by atoms with Crippen LogP contribution in [0.1, 0.15) is 68.6 Å². The highest BCUT2D eigenvalue weighted by molar-refractivity contribution is 5.76. The number of rotatable bonds is 8. The van der Waals surface area contributed by atoms with Crippen LogP contribution in [0.15, 0.2) is 51.7 Å². The molecule has 30 heavy (non-hydrogen) atoms. The second-order valence-electron chi connectivity index (χ2n) is 7.89. The van der Waals surface area contributed by atoms with Crippen LogP contribution in [0.4, 0.5) is 0 Å². The van der Waals surface area contributed by atoms with Crippen molar-refractivity contribution in [2.24, 2.45) is 0 Å². The number of phenols is 2. The monoisotopic (exact) mass is 410 g/mol. The molecule has 0 atom stereocenters. The van der Waals surface area contributed by atoms with Crippen molar-refractivity contribution >= 4 is 11.0 Å². The van der Waals surface area contributed by atoms with Crippen molar-refractivity contribution in [2.45, 2.75) is 72.1 Å². The van der Waals surface area contributed by atoms with Crippen LogP contribution in [0.25, 0.3) is 11.0 Å². The number of phenolic OH excluding ortho intramolecular Hbond substituents is 2.